The van der Waals surface area contributed by atoms with Gasteiger partial charge in [-0.25, -0.2) is 0 Å². The Kier molecular flexibility index (Phi) is 4.92. The van der Waals surface area contributed by atoms with Gasteiger partial charge in [-0.15, -0.1) is 10.2 Å². The molecule has 2 aromatic rings. The Morgan fingerprint density at radius 3 is 2.56 bits per heavy atom. The maximum atomic E-state index is 10.6. The van der Waals surface area contributed by atoms with Gasteiger partial charge in [0.25, 0.3) is 0 Å². The molecule has 1 aromatic heterocycles. The lowest BCUT2D eigenvalue weighted by Gasteiger charge is -2.32. The van der Waals surface area contributed by atoms with Crippen LogP contribution >= 0.6 is 0 Å². The second-order valence-corrected chi connectivity index (χ2v) is 6.11. The molecule has 0 unspecified atom stereocenters. The van der Waals surface area contributed by atoms with E-state index in [2.05, 4.69) is 20.3 Å². The first-order valence-electron chi connectivity index (χ1n) is 8.22. The van der Waals surface area contributed by atoms with E-state index in [1.165, 1.54) is 4.80 Å². The number of hydrogen-bond acceptors (Lipinski definition) is 6. The molecule has 0 atom stereocenters. The second kappa shape index (κ2) is 7.29. The van der Waals surface area contributed by atoms with E-state index < -0.39 is 5.97 Å². The predicted octanol–water partition coefficient (Wildman–Crippen LogP) is 0.816. The third-order valence-corrected chi connectivity index (χ3v) is 4.40. The third kappa shape index (κ3) is 4.11. The molecule has 0 aliphatic carbocycles. The van der Waals surface area contributed by atoms with Crippen LogP contribution in [0.3, 0.4) is 0 Å². The molecule has 0 amide bonds. The maximum absolute atomic E-state index is 10.6. The second-order valence-electron chi connectivity index (χ2n) is 6.11. The van der Waals surface area contributed by atoms with Gasteiger partial charge in [0.05, 0.1) is 13.0 Å². The predicted molar refractivity (Wildman–Crippen MR) is 91.7 cm³/mol. The number of carbonyl (C=O) groups is 1. The molecule has 9 nitrogen and oxygen atoms in total. The Hall–Kier alpha value is -2.97. The molecule has 9 heteroatoms. The Bertz CT molecular complexity index is 748. The van der Waals surface area contributed by atoms with Crippen molar-refractivity contribution >= 4 is 17.5 Å². The number of carboxylic acids is 1. The minimum Gasteiger partial charge on any atom is -0.481 e. The van der Waals surface area contributed by atoms with Crippen LogP contribution in [0.2, 0.25) is 0 Å². The first-order chi connectivity index (χ1) is 12.0. The average molecular weight is 343 g/mol. The third-order valence-electron chi connectivity index (χ3n) is 4.40. The highest BCUT2D eigenvalue weighted by atomic mass is 16.4. The van der Waals surface area contributed by atoms with Gasteiger partial charge in [0.1, 0.15) is 5.84 Å². The summed E-state index contributed by atoms with van der Waals surface area (Å²) in [6, 6.07) is 7.69. The summed E-state index contributed by atoms with van der Waals surface area (Å²) in [6.45, 7) is 2.01. The number of aliphatic carboxylic acids is 1. The fraction of sp³-hybridized carbons (Fsp3) is 0.438. The molecule has 1 aliphatic heterocycles. The number of hydrogen-bond donors (Lipinski definition) is 3. The normalized spacial score (nSPS) is 15.3. The summed E-state index contributed by atoms with van der Waals surface area (Å²) in [5, 5.41) is 28.5. The van der Waals surface area contributed by atoms with E-state index in [0.29, 0.717) is 5.82 Å². The van der Waals surface area contributed by atoms with Crippen molar-refractivity contribution in [2.75, 3.05) is 18.0 Å². The molecule has 0 saturated carbocycles. The SMILES string of the molecule is N=C(N)c1ccc(N2CCC(c3nnn(CCC(=O)O)n3)CC2)cc1. The highest BCUT2D eigenvalue weighted by Crippen LogP contribution is 2.28. The molecule has 0 radical (unpaired) electrons. The van der Waals surface area contributed by atoms with Crippen molar-refractivity contribution in [3.8, 4) is 0 Å². The zero-order chi connectivity index (χ0) is 17.8. The Balaban J connectivity index is 1.56. The number of tetrazole rings is 1. The average Bonchev–Trinajstić information content (AvgIpc) is 3.09. The fourth-order valence-corrected chi connectivity index (χ4v) is 2.96. The van der Waals surface area contributed by atoms with E-state index in [1.54, 1.807) is 0 Å². The summed E-state index contributed by atoms with van der Waals surface area (Å²) < 4.78 is 0. The zero-order valence-electron chi connectivity index (χ0n) is 13.8. The van der Waals surface area contributed by atoms with Gasteiger partial charge in [-0.1, -0.05) is 0 Å². The molecule has 25 heavy (non-hydrogen) atoms. The first-order valence-corrected chi connectivity index (χ1v) is 8.22. The van der Waals surface area contributed by atoms with Gasteiger partial charge in [0.15, 0.2) is 5.82 Å². The lowest BCUT2D eigenvalue weighted by Crippen LogP contribution is -2.33. The standard InChI is InChI=1S/C16H21N7O2/c17-15(18)11-1-3-13(4-2-11)22-8-5-12(6-9-22)16-19-21-23(20-16)10-7-14(24)25/h1-4,12H,5-10H2,(H3,17,18)(H,24,25). The van der Waals surface area contributed by atoms with Crippen LogP contribution in [-0.2, 0) is 11.3 Å². The highest BCUT2D eigenvalue weighted by Gasteiger charge is 2.24. The summed E-state index contributed by atoms with van der Waals surface area (Å²) in [6.07, 6.45) is 1.82. The van der Waals surface area contributed by atoms with Crippen LogP contribution in [-0.4, -0.2) is 50.2 Å². The zero-order valence-corrected chi connectivity index (χ0v) is 13.8. The Labute approximate surface area is 144 Å². The monoisotopic (exact) mass is 343 g/mol. The highest BCUT2D eigenvalue weighted by molar-refractivity contribution is 5.95. The number of aromatic nitrogens is 4. The van der Waals surface area contributed by atoms with Crippen LogP contribution in [0.25, 0.3) is 0 Å². The molecule has 4 N–H and O–H groups in total. The van der Waals surface area contributed by atoms with Crippen LogP contribution in [0, 0.1) is 5.41 Å². The molecule has 1 saturated heterocycles. The minimum absolute atomic E-state index is 0.00942. The summed E-state index contributed by atoms with van der Waals surface area (Å²) in [5.74, 6) is 0.133. The van der Waals surface area contributed by atoms with Crippen molar-refractivity contribution < 1.29 is 9.90 Å². The number of benzene rings is 1. The lowest BCUT2D eigenvalue weighted by molar-refractivity contribution is -0.137. The van der Waals surface area contributed by atoms with Crippen molar-refractivity contribution in [3.05, 3.63) is 35.7 Å². The smallest absolute Gasteiger partial charge is 0.305 e. The van der Waals surface area contributed by atoms with Crippen LogP contribution in [0.4, 0.5) is 5.69 Å². The van der Waals surface area contributed by atoms with E-state index in [-0.39, 0.29) is 24.7 Å². The number of rotatable bonds is 6. The summed E-state index contributed by atoms with van der Waals surface area (Å²) in [5.41, 5.74) is 7.32. The molecule has 1 fully saturated rings. The number of piperidine rings is 1. The fourth-order valence-electron chi connectivity index (χ4n) is 2.96. The van der Waals surface area contributed by atoms with Gasteiger partial charge < -0.3 is 15.7 Å². The first kappa shape index (κ1) is 16.9. The van der Waals surface area contributed by atoms with Gasteiger partial charge in [0.2, 0.25) is 0 Å². The van der Waals surface area contributed by atoms with Crippen molar-refractivity contribution in [1.29, 1.82) is 5.41 Å². The van der Waals surface area contributed by atoms with Gasteiger partial charge in [-0.2, -0.15) is 4.80 Å². The van der Waals surface area contributed by atoms with Crippen LogP contribution in [0.5, 0.6) is 0 Å². The molecule has 3 rings (SSSR count). The lowest BCUT2D eigenvalue weighted by atomic mass is 9.96. The van der Waals surface area contributed by atoms with Crippen LogP contribution in [0.1, 0.15) is 36.6 Å². The number of carboxylic acid groups (broad SMARTS) is 1. The van der Waals surface area contributed by atoms with E-state index in [9.17, 15) is 4.79 Å². The van der Waals surface area contributed by atoms with Crippen molar-refractivity contribution in [1.82, 2.24) is 20.2 Å². The number of amidine groups is 1. The van der Waals surface area contributed by atoms with Crippen molar-refractivity contribution in [2.45, 2.75) is 31.7 Å². The molecule has 1 aromatic carbocycles. The summed E-state index contributed by atoms with van der Waals surface area (Å²) in [7, 11) is 0. The summed E-state index contributed by atoms with van der Waals surface area (Å²) in [4.78, 5) is 14.2. The van der Waals surface area contributed by atoms with Gasteiger partial charge in [-0.05, 0) is 42.3 Å². The molecular weight excluding hydrogens is 322 g/mol. The van der Waals surface area contributed by atoms with Crippen molar-refractivity contribution in [3.63, 3.8) is 0 Å². The number of nitrogens with zero attached hydrogens (tertiary/aromatic N) is 5. The summed E-state index contributed by atoms with van der Waals surface area (Å²) >= 11 is 0. The Morgan fingerprint density at radius 2 is 1.96 bits per heavy atom. The number of anilines is 1. The van der Waals surface area contributed by atoms with E-state index in [1.807, 2.05) is 24.3 Å². The molecule has 0 spiro atoms. The van der Waals surface area contributed by atoms with Gasteiger partial charge >= 0.3 is 5.97 Å². The molecule has 2 heterocycles. The topological polar surface area (TPSA) is 134 Å². The van der Waals surface area contributed by atoms with E-state index >= 15 is 0 Å². The van der Waals surface area contributed by atoms with Gasteiger partial charge in [0, 0.05) is 30.3 Å². The van der Waals surface area contributed by atoms with Crippen LogP contribution < -0.4 is 10.6 Å². The van der Waals surface area contributed by atoms with Crippen LogP contribution in [0.15, 0.2) is 24.3 Å². The van der Waals surface area contributed by atoms with Crippen molar-refractivity contribution in [2.24, 2.45) is 5.73 Å². The number of nitrogens with one attached hydrogen (secondary N) is 1. The Morgan fingerprint density at radius 1 is 1.28 bits per heavy atom. The molecule has 132 valence electrons. The number of aryl methyl sites for hydroxylation is 1. The molecule has 1 aliphatic rings. The molecular formula is C16H21N7O2. The van der Waals surface area contributed by atoms with E-state index in [4.69, 9.17) is 16.2 Å². The van der Waals surface area contributed by atoms with E-state index in [0.717, 1.165) is 37.2 Å². The van der Waals surface area contributed by atoms with Gasteiger partial charge in [-0.3, -0.25) is 10.2 Å². The number of nitrogens with two attached hydrogens (primary N) is 1. The molecule has 0 bridgehead atoms. The number of nitrogen functional groups attached to an aromatic ring is 1. The minimum atomic E-state index is -0.872. The maximum Gasteiger partial charge on any atom is 0.305 e. The quantitative estimate of drug-likeness (QED) is 0.522. The largest absolute Gasteiger partial charge is 0.481 e.